The molecule has 0 aliphatic carbocycles. The van der Waals surface area contributed by atoms with Gasteiger partial charge in [0.05, 0.1) is 22.7 Å². The fourth-order valence-corrected chi connectivity index (χ4v) is 5.95. The summed E-state index contributed by atoms with van der Waals surface area (Å²) in [6, 6.07) is 24.3. The highest BCUT2D eigenvalue weighted by Crippen LogP contribution is 2.30. The molecule has 5 rings (SSSR count). The third-order valence-electron chi connectivity index (χ3n) is 6.73. The number of carbonyl (C=O) groups is 2. The minimum absolute atomic E-state index is 0.00163. The fourth-order valence-electron chi connectivity index (χ4n) is 4.73. The molecule has 1 amide bonds. The molecule has 0 bridgehead atoms. The van der Waals surface area contributed by atoms with Gasteiger partial charge in [-0.1, -0.05) is 66.7 Å². The Morgan fingerprint density at radius 2 is 1.68 bits per heavy atom. The van der Waals surface area contributed by atoms with Crippen molar-refractivity contribution in [2.75, 3.05) is 11.4 Å². The molecule has 0 fully saturated rings. The van der Waals surface area contributed by atoms with Gasteiger partial charge in [-0.25, -0.2) is 13.2 Å². The molecular formula is C30H26N4O5S. The van der Waals surface area contributed by atoms with E-state index in [1.54, 1.807) is 60.7 Å². The van der Waals surface area contributed by atoms with Gasteiger partial charge in [0, 0.05) is 5.56 Å². The largest absolute Gasteiger partial charge is 0.478 e. The first-order valence-corrected chi connectivity index (χ1v) is 13.9. The number of hydrogen-bond donors (Lipinski definition) is 4. The zero-order chi connectivity index (χ0) is 28.4. The number of nitrogen functional groups attached to an aromatic ring is 1. The number of hydrogen-bond acceptors (Lipinski definition) is 5. The van der Waals surface area contributed by atoms with Crippen molar-refractivity contribution in [1.29, 1.82) is 5.41 Å². The minimum Gasteiger partial charge on any atom is -0.478 e. The van der Waals surface area contributed by atoms with E-state index in [4.69, 9.17) is 11.1 Å². The molecule has 4 aromatic rings. The predicted octanol–water partition coefficient (Wildman–Crippen LogP) is 3.53. The van der Waals surface area contributed by atoms with Crippen LogP contribution in [0.1, 0.15) is 16.7 Å². The molecule has 9 nitrogen and oxygen atoms in total. The van der Waals surface area contributed by atoms with Gasteiger partial charge in [-0.15, -0.1) is 0 Å². The summed E-state index contributed by atoms with van der Waals surface area (Å²) in [5.41, 5.74) is 7.67. The van der Waals surface area contributed by atoms with Crippen molar-refractivity contribution in [2.24, 2.45) is 5.73 Å². The van der Waals surface area contributed by atoms with Gasteiger partial charge >= 0.3 is 5.97 Å². The molecule has 0 spiro atoms. The molecule has 1 aliphatic rings. The molecule has 202 valence electrons. The molecule has 4 aromatic carbocycles. The lowest BCUT2D eigenvalue weighted by Gasteiger charge is -2.32. The maximum absolute atomic E-state index is 14.1. The topological polar surface area (TPSA) is 154 Å². The number of sulfonamides is 1. The Kier molecular flexibility index (Phi) is 7.20. The van der Waals surface area contributed by atoms with Crippen LogP contribution in [0.2, 0.25) is 0 Å². The number of fused-ring (bicyclic) bond motifs is 2. The molecule has 0 saturated carbocycles. The van der Waals surface area contributed by atoms with Gasteiger partial charge in [0.15, 0.2) is 0 Å². The normalized spacial score (nSPS) is 13.8. The van der Waals surface area contributed by atoms with Crippen LogP contribution in [0.25, 0.3) is 16.8 Å². The van der Waals surface area contributed by atoms with E-state index in [-0.39, 0.29) is 29.3 Å². The minimum atomic E-state index is -4.18. The van der Waals surface area contributed by atoms with E-state index in [1.165, 1.54) is 23.1 Å². The summed E-state index contributed by atoms with van der Waals surface area (Å²) in [5, 5.41) is 19.0. The van der Waals surface area contributed by atoms with Crippen LogP contribution in [-0.4, -0.2) is 43.8 Å². The van der Waals surface area contributed by atoms with E-state index in [9.17, 15) is 23.1 Å². The van der Waals surface area contributed by atoms with E-state index >= 15 is 0 Å². The molecule has 5 N–H and O–H groups in total. The lowest BCUT2D eigenvalue weighted by atomic mass is 9.99. The Morgan fingerprint density at radius 1 is 0.950 bits per heavy atom. The number of nitrogens with two attached hydrogens (primary N) is 1. The molecule has 0 saturated heterocycles. The summed E-state index contributed by atoms with van der Waals surface area (Å²) < 4.78 is 29.8. The Morgan fingerprint density at radius 3 is 2.42 bits per heavy atom. The number of anilines is 1. The van der Waals surface area contributed by atoms with Crippen LogP contribution in [0.15, 0.2) is 101 Å². The number of amidine groups is 1. The number of para-hydroxylation sites is 1. The summed E-state index contributed by atoms with van der Waals surface area (Å²) in [4.78, 5) is 27.2. The van der Waals surface area contributed by atoms with Crippen molar-refractivity contribution in [3.05, 3.63) is 113 Å². The number of nitrogens with zero attached hydrogens (tertiary/aromatic N) is 1. The Bertz CT molecular complexity index is 1800. The standard InChI is InChI=1S/C30H26N4O5S/c31-28(32)23-10-5-6-19(14-23)15-26(33-40(38,39)25-13-12-20-7-1-2-8-21(20)17-25)29(35)34-18-24(30(36)37)16-22-9-3-4-11-27(22)34/h1-14,16-17,26,33H,15,18H2,(H3,31,32)(H,36,37)/t26-/m0/s1. The van der Waals surface area contributed by atoms with Gasteiger partial charge in [-0.3, -0.25) is 10.2 Å². The predicted molar refractivity (Wildman–Crippen MR) is 154 cm³/mol. The van der Waals surface area contributed by atoms with E-state index < -0.39 is 27.9 Å². The van der Waals surface area contributed by atoms with E-state index in [0.717, 1.165) is 10.8 Å². The first kappa shape index (κ1) is 26.8. The van der Waals surface area contributed by atoms with Crippen molar-refractivity contribution in [3.8, 4) is 0 Å². The first-order chi connectivity index (χ1) is 19.1. The number of benzene rings is 4. The second-order valence-corrected chi connectivity index (χ2v) is 11.2. The molecule has 0 radical (unpaired) electrons. The van der Waals surface area contributed by atoms with E-state index in [2.05, 4.69) is 4.72 Å². The van der Waals surface area contributed by atoms with E-state index in [1.807, 2.05) is 18.2 Å². The summed E-state index contributed by atoms with van der Waals surface area (Å²) in [6.07, 6.45) is 1.45. The Balaban J connectivity index is 1.55. The highest BCUT2D eigenvalue weighted by molar-refractivity contribution is 7.89. The molecule has 1 aliphatic heterocycles. The third-order valence-corrected chi connectivity index (χ3v) is 8.20. The van der Waals surface area contributed by atoms with Crippen molar-refractivity contribution in [2.45, 2.75) is 17.4 Å². The van der Waals surface area contributed by atoms with Gasteiger partial charge in [0.1, 0.15) is 11.9 Å². The number of aliphatic carboxylic acids is 1. The number of rotatable bonds is 8. The molecule has 1 heterocycles. The average molecular weight is 555 g/mol. The second kappa shape index (κ2) is 10.8. The molecule has 1 atom stereocenters. The second-order valence-electron chi connectivity index (χ2n) is 9.46. The molecule has 10 heteroatoms. The molecule has 0 aromatic heterocycles. The zero-order valence-corrected chi connectivity index (χ0v) is 22.1. The quantitative estimate of drug-likeness (QED) is 0.193. The lowest BCUT2D eigenvalue weighted by Crippen LogP contribution is -2.51. The van der Waals surface area contributed by atoms with Crippen LogP contribution >= 0.6 is 0 Å². The number of amides is 1. The highest BCUT2D eigenvalue weighted by Gasteiger charge is 2.34. The number of nitrogens with one attached hydrogen (secondary N) is 2. The Hall–Kier alpha value is -4.80. The number of carboxylic acids is 1. The van der Waals surface area contributed by atoms with Crippen LogP contribution < -0.4 is 15.4 Å². The maximum atomic E-state index is 14.1. The summed E-state index contributed by atoms with van der Waals surface area (Å²) >= 11 is 0. The fraction of sp³-hybridized carbons (Fsp3) is 0.100. The van der Waals surface area contributed by atoms with Crippen molar-refractivity contribution >= 4 is 50.3 Å². The highest BCUT2D eigenvalue weighted by atomic mass is 32.2. The SMILES string of the molecule is N=C(N)c1cccc(C[C@H](NS(=O)(=O)c2ccc3ccccc3c2)C(=O)N2CC(C(=O)O)=Cc3ccccc32)c1. The van der Waals surface area contributed by atoms with Gasteiger partial charge in [-0.2, -0.15) is 4.72 Å². The third kappa shape index (κ3) is 5.49. The number of carbonyl (C=O) groups excluding carboxylic acids is 1. The maximum Gasteiger partial charge on any atom is 0.333 e. The summed E-state index contributed by atoms with van der Waals surface area (Å²) in [5.74, 6) is -1.95. The van der Waals surface area contributed by atoms with Gasteiger partial charge in [-0.05, 0) is 58.7 Å². The molecule has 0 unspecified atom stereocenters. The summed E-state index contributed by atoms with van der Waals surface area (Å²) in [6.45, 7) is -0.229. The Labute approximate surface area is 231 Å². The summed E-state index contributed by atoms with van der Waals surface area (Å²) in [7, 11) is -4.18. The lowest BCUT2D eigenvalue weighted by molar-refractivity contribution is -0.132. The number of carboxylic acid groups (broad SMARTS) is 1. The van der Waals surface area contributed by atoms with Gasteiger partial charge in [0.2, 0.25) is 15.9 Å². The zero-order valence-electron chi connectivity index (χ0n) is 21.2. The van der Waals surface area contributed by atoms with Crippen molar-refractivity contribution < 1.29 is 23.1 Å². The van der Waals surface area contributed by atoms with Gasteiger partial charge < -0.3 is 15.7 Å². The monoisotopic (exact) mass is 554 g/mol. The molecule has 40 heavy (non-hydrogen) atoms. The van der Waals surface area contributed by atoms with Crippen LogP contribution in [0.3, 0.4) is 0 Å². The van der Waals surface area contributed by atoms with Crippen LogP contribution in [0.4, 0.5) is 5.69 Å². The van der Waals surface area contributed by atoms with Crippen LogP contribution in [0, 0.1) is 5.41 Å². The average Bonchev–Trinajstić information content (AvgIpc) is 2.95. The smallest absolute Gasteiger partial charge is 0.333 e. The molecular weight excluding hydrogens is 528 g/mol. The van der Waals surface area contributed by atoms with E-state index in [0.29, 0.717) is 22.4 Å². The van der Waals surface area contributed by atoms with Gasteiger partial charge in [0.25, 0.3) is 0 Å². The first-order valence-electron chi connectivity index (χ1n) is 12.4. The van der Waals surface area contributed by atoms with Crippen LogP contribution in [-0.2, 0) is 26.0 Å². The van der Waals surface area contributed by atoms with Crippen molar-refractivity contribution in [3.63, 3.8) is 0 Å². The van der Waals surface area contributed by atoms with Crippen LogP contribution in [0.5, 0.6) is 0 Å². The van der Waals surface area contributed by atoms with Crippen molar-refractivity contribution in [1.82, 2.24) is 4.72 Å².